The topological polar surface area (TPSA) is 66.1 Å². The number of benzene rings is 2. The lowest BCUT2D eigenvalue weighted by Gasteiger charge is -2.39. The van der Waals surface area contributed by atoms with Gasteiger partial charge in [-0.05, 0) is 54.0 Å². The molecule has 4 rings (SSSR count). The van der Waals surface area contributed by atoms with Crippen LogP contribution >= 0.6 is 0 Å². The Morgan fingerprint density at radius 2 is 1.53 bits per heavy atom. The number of nitrogens with zero attached hydrogens (tertiary/aromatic N) is 1. The van der Waals surface area contributed by atoms with E-state index in [9.17, 15) is 4.79 Å². The fraction of sp³-hybridized carbons (Fsp3) is 0.419. The summed E-state index contributed by atoms with van der Waals surface area (Å²) < 4.78 is 0. The van der Waals surface area contributed by atoms with Crippen molar-refractivity contribution in [3.05, 3.63) is 78.0 Å². The summed E-state index contributed by atoms with van der Waals surface area (Å²) >= 11 is 0. The molecule has 0 radical (unpaired) electrons. The molecule has 2 amide bonds. The molecule has 0 bridgehead atoms. The second-order valence-electron chi connectivity index (χ2n) is 10.7. The van der Waals surface area contributed by atoms with E-state index in [2.05, 4.69) is 85.0 Å². The predicted octanol–water partition coefficient (Wildman–Crippen LogP) is 7.93. The highest BCUT2D eigenvalue weighted by atomic mass is 16.2. The third-order valence-electron chi connectivity index (χ3n) is 7.28. The molecule has 190 valence electrons. The van der Waals surface area contributed by atoms with Gasteiger partial charge in [0.05, 0.1) is 11.2 Å². The number of aromatic nitrogens is 1. The normalized spacial score (nSPS) is 15.1. The number of amides is 2. The zero-order chi connectivity index (χ0) is 25.5. The predicted molar refractivity (Wildman–Crippen MR) is 151 cm³/mol. The third-order valence-corrected chi connectivity index (χ3v) is 7.28. The van der Waals surface area contributed by atoms with E-state index in [0.717, 1.165) is 48.3 Å². The summed E-state index contributed by atoms with van der Waals surface area (Å²) in [6, 6.07) is 20.5. The number of pyridine rings is 1. The summed E-state index contributed by atoms with van der Waals surface area (Å²) in [6.07, 6.45) is 7.39. The van der Waals surface area contributed by atoms with Crippen LogP contribution in [-0.4, -0.2) is 23.1 Å². The SMILES string of the molecule is CC(C)c1cccc(C(C)C)c1NC(=O)NCC1(Nc2ccccc2-c2ccccn2)CCCCC1. The van der Waals surface area contributed by atoms with E-state index in [0.29, 0.717) is 18.4 Å². The lowest BCUT2D eigenvalue weighted by Crippen LogP contribution is -2.51. The maximum Gasteiger partial charge on any atom is 0.319 e. The summed E-state index contributed by atoms with van der Waals surface area (Å²) in [5.41, 5.74) is 6.19. The fourth-order valence-electron chi connectivity index (χ4n) is 5.30. The summed E-state index contributed by atoms with van der Waals surface area (Å²) in [5.74, 6) is 0.655. The van der Waals surface area contributed by atoms with E-state index in [4.69, 9.17) is 0 Å². The molecule has 1 fully saturated rings. The minimum absolute atomic E-state index is 0.144. The van der Waals surface area contributed by atoms with Crippen LogP contribution in [0, 0.1) is 0 Å². The van der Waals surface area contributed by atoms with Crippen LogP contribution in [0.15, 0.2) is 66.9 Å². The molecule has 1 aromatic heterocycles. The maximum atomic E-state index is 13.2. The average Bonchev–Trinajstić information content (AvgIpc) is 2.89. The Bertz CT molecular complexity index is 1120. The first-order valence-electron chi connectivity index (χ1n) is 13.3. The standard InChI is InChI=1S/C31H40N4O/c1-22(2)24-14-12-15-25(23(3)4)29(24)34-30(36)33-21-31(18-9-5-10-19-31)35-28-17-7-6-13-26(28)27-16-8-11-20-32-27/h6-8,11-17,20,22-23,35H,5,9-10,18-19,21H2,1-4H3,(H2,33,34,36). The van der Waals surface area contributed by atoms with E-state index in [-0.39, 0.29) is 11.6 Å². The van der Waals surface area contributed by atoms with Crippen molar-refractivity contribution in [1.29, 1.82) is 0 Å². The largest absolute Gasteiger partial charge is 0.377 e. The van der Waals surface area contributed by atoms with Crippen LogP contribution in [-0.2, 0) is 0 Å². The summed E-state index contributed by atoms with van der Waals surface area (Å²) in [7, 11) is 0. The van der Waals surface area contributed by atoms with Crippen LogP contribution in [0.1, 0.15) is 82.8 Å². The second kappa shape index (κ2) is 11.6. The molecule has 3 aromatic rings. The zero-order valence-corrected chi connectivity index (χ0v) is 22.1. The number of para-hydroxylation sites is 2. The monoisotopic (exact) mass is 484 g/mol. The minimum Gasteiger partial charge on any atom is -0.377 e. The van der Waals surface area contributed by atoms with Gasteiger partial charge in [-0.25, -0.2) is 4.79 Å². The van der Waals surface area contributed by atoms with E-state index in [1.165, 1.54) is 17.5 Å². The summed E-state index contributed by atoms with van der Waals surface area (Å²) in [5, 5.41) is 10.3. The molecule has 0 spiro atoms. The summed E-state index contributed by atoms with van der Waals surface area (Å²) in [4.78, 5) is 17.8. The molecule has 5 nitrogen and oxygen atoms in total. The molecule has 1 aliphatic carbocycles. The van der Waals surface area contributed by atoms with E-state index in [1.807, 2.05) is 30.5 Å². The van der Waals surface area contributed by atoms with Crippen molar-refractivity contribution in [3.63, 3.8) is 0 Å². The van der Waals surface area contributed by atoms with Gasteiger partial charge in [-0.1, -0.05) is 89.4 Å². The Morgan fingerprint density at radius 3 is 2.17 bits per heavy atom. The van der Waals surface area contributed by atoms with Gasteiger partial charge in [-0.2, -0.15) is 0 Å². The van der Waals surface area contributed by atoms with Gasteiger partial charge in [0.1, 0.15) is 0 Å². The molecular weight excluding hydrogens is 444 g/mol. The molecule has 1 saturated carbocycles. The highest BCUT2D eigenvalue weighted by molar-refractivity contribution is 5.91. The number of nitrogens with one attached hydrogen (secondary N) is 3. The zero-order valence-electron chi connectivity index (χ0n) is 22.1. The van der Waals surface area contributed by atoms with Gasteiger partial charge in [0.25, 0.3) is 0 Å². The smallest absolute Gasteiger partial charge is 0.319 e. The molecular formula is C31H40N4O. The molecule has 0 unspecified atom stereocenters. The van der Waals surface area contributed by atoms with Gasteiger partial charge in [-0.3, -0.25) is 4.98 Å². The first-order valence-corrected chi connectivity index (χ1v) is 13.3. The van der Waals surface area contributed by atoms with Crippen molar-refractivity contribution < 1.29 is 4.79 Å². The minimum atomic E-state index is -0.196. The Balaban J connectivity index is 1.53. The first-order chi connectivity index (χ1) is 17.4. The van der Waals surface area contributed by atoms with E-state index in [1.54, 1.807) is 0 Å². The third kappa shape index (κ3) is 6.07. The van der Waals surface area contributed by atoms with Crippen molar-refractivity contribution >= 4 is 17.4 Å². The molecule has 0 atom stereocenters. The molecule has 1 aliphatic rings. The second-order valence-corrected chi connectivity index (χ2v) is 10.7. The molecule has 3 N–H and O–H groups in total. The number of hydrogen-bond donors (Lipinski definition) is 3. The molecule has 0 saturated heterocycles. The van der Waals surface area contributed by atoms with Gasteiger partial charge in [-0.15, -0.1) is 0 Å². The van der Waals surface area contributed by atoms with Gasteiger partial charge in [0.2, 0.25) is 0 Å². The number of carbonyl (C=O) groups is 1. The first kappa shape index (κ1) is 25.7. The van der Waals surface area contributed by atoms with Gasteiger partial charge in [0, 0.05) is 29.7 Å². The Morgan fingerprint density at radius 1 is 0.861 bits per heavy atom. The van der Waals surface area contributed by atoms with Crippen LogP contribution < -0.4 is 16.0 Å². The Hall–Kier alpha value is -3.34. The van der Waals surface area contributed by atoms with Crippen LogP contribution in [0.25, 0.3) is 11.3 Å². The van der Waals surface area contributed by atoms with Crippen molar-refractivity contribution in [1.82, 2.24) is 10.3 Å². The van der Waals surface area contributed by atoms with Crippen molar-refractivity contribution in [2.45, 2.75) is 77.2 Å². The van der Waals surface area contributed by atoms with Crippen molar-refractivity contribution in [3.8, 4) is 11.3 Å². The fourth-order valence-corrected chi connectivity index (χ4v) is 5.30. The Labute approximate surface area is 216 Å². The Kier molecular flexibility index (Phi) is 8.29. The van der Waals surface area contributed by atoms with Gasteiger partial charge >= 0.3 is 6.03 Å². The van der Waals surface area contributed by atoms with Crippen molar-refractivity contribution in [2.24, 2.45) is 0 Å². The average molecular weight is 485 g/mol. The maximum absolute atomic E-state index is 13.2. The number of anilines is 2. The number of rotatable bonds is 8. The number of hydrogen-bond acceptors (Lipinski definition) is 3. The lowest BCUT2D eigenvalue weighted by atomic mass is 9.81. The molecule has 5 heteroatoms. The lowest BCUT2D eigenvalue weighted by molar-refractivity contribution is 0.244. The molecule has 2 aromatic carbocycles. The molecule has 0 aliphatic heterocycles. The van der Waals surface area contributed by atoms with Gasteiger partial charge < -0.3 is 16.0 Å². The molecule has 1 heterocycles. The van der Waals surface area contributed by atoms with Crippen molar-refractivity contribution in [2.75, 3.05) is 17.2 Å². The number of carbonyl (C=O) groups excluding carboxylic acids is 1. The molecule has 36 heavy (non-hydrogen) atoms. The van der Waals surface area contributed by atoms with Crippen LogP contribution in [0.5, 0.6) is 0 Å². The summed E-state index contributed by atoms with van der Waals surface area (Å²) in [6.45, 7) is 9.24. The van der Waals surface area contributed by atoms with Crippen LogP contribution in [0.3, 0.4) is 0 Å². The van der Waals surface area contributed by atoms with E-state index >= 15 is 0 Å². The van der Waals surface area contributed by atoms with Crippen LogP contribution in [0.2, 0.25) is 0 Å². The quantitative estimate of drug-likeness (QED) is 0.304. The highest BCUT2D eigenvalue weighted by Crippen LogP contribution is 2.36. The van der Waals surface area contributed by atoms with Crippen LogP contribution in [0.4, 0.5) is 16.2 Å². The highest BCUT2D eigenvalue weighted by Gasteiger charge is 2.33. The number of urea groups is 1. The van der Waals surface area contributed by atoms with Gasteiger partial charge in [0.15, 0.2) is 0 Å². The van der Waals surface area contributed by atoms with E-state index < -0.39 is 0 Å².